The third-order valence-electron chi connectivity index (χ3n) is 3.99. The first kappa shape index (κ1) is 19.6. The number of benzene rings is 1. The largest absolute Gasteiger partial charge is 0.486 e. The SMILES string of the molecule is Cc1ccc(CN(C(=O)C(C)CN)c2ccc3c(c2)OCCO3)s1.Cl. The summed E-state index contributed by atoms with van der Waals surface area (Å²) >= 11 is 1.70. The standard InChI is InChI=1S/C18H22N2O3S.ClH/c1-12(10-19)18(21)20(11-15-5-3-13(2)24-15)14-4-6-16-17(9-14)23-8-7-22-16;/h3-6,9,12H,7-8,10-11,19H2,1-2H3;1H. The summed E-state index contributed by atoms with van der Waals surface area (Å²) in [7, 11) is 0. The number of carbonyl (C=O) groups is 1. The zero-order chi connectivity index (χ0) is 17.1. The Morgan fingerprint density at radius 3 is 2.60 bits per heavy atom. The molecule has 136 valence electrons. The van der Waals surface area contributed by atoms with Crippen LogP contribution in [0.25, 0.3) is 0 Å². The van der Waals surface area contributed by atoms with Crippen LogP contribution < -0.4 is 20.1 Å². The number of hydrogen-bond acceptors (Lipinski definition) is 5. The first-order valence-electron chi connectivity index (χ1n) is 8.05. The van der Waals surface area contributed by atoms with Gasteiger partial charge in [0.2, 0.25) is 5.91 Å². The van der Waals surface area contributed by atoms with Gasteiger partial charge in [-0.25, -0.2) is 0 Å². The highest BCUT2D eigenvalue weighted by atomic mass is 35.5. The molecule has 1 unspecified atom stereocenters. The molecule has 0 radical (unpaired) electrons. The van der Waals surface area contributed by atoms with E-state index in [4.69, 9.17) is 15.2 Å². The lowest BCUT2D eigenvalue weighted by Crippen LogP contribution is -2.37. The lowest BCUT2D eigenvalue weighted by atomic mass is 10.1. The summed E-state index contributed by atoms with van der Waals surface area (Å²) in [5, 5.41) is 0. The number of aryl methyl sites for hydroxylation is 1. The van der Waals surface area contributed by atoms with Gasteiger partial charge in [0.05, 0.1) is 6.54 Å². The highest BCUT2D eigenvalue weighted by Gasteiger charge is 2.23. The maximum Gasteiger partial charge on any atom is 0.231 e. The number of nitrogens with two attached hydrogens (primary N) is 1. The minimum atomic E-state index is -0.237. The van der Waals surface area contributed by atoms with Crippen molar-refractivity contribution in [3.8, 4) is 11.5 Å². The van der Waals surface area contributed by atoms with Crippen molar-refractivity contribution < 1.29 is 14.3 Å². The van der Waals surface area contributed by atoms with Crippen LogP contribution in [-0.4, -0.2) is 25.7 Å². The number of fused-ring (bicyclic) bond motifs is 1. The third kappa shape index (κ3) is 4.45. The van der Waals surface area contributed by atoms with E-state index in [2.05, 4.69) is 19.1 Å². The van der Waals surface area contributed by atoms with Gasteiger partial charge in [-0.2, -0.15) is 0 Å². The predicted molar refractivity (Wildman–Crippen MR) is 103 cm³/mol. The molecule has 0 saturated carbocycles. The van der Waals surface area contributed by atoms with Crippen LogP contribution in [0.3, 0.4) is 0 Å². The topological polar surface area (TPSA) is 64.8 Å². The number of hydrogen-bond donors (Lipinski definition) is 1. The molecule has 1 atom stereocenters. The third-order valence-corrected chi connectivity index (χ3v) is 4.97. The Hall–Kier alpha value is -1.76. The summed E-state index contributed by atoms with van der Waals surface area (Å²) in [5.74, 6) is 1.18. The molecular weight excluding hydrogens is 360 g/mol. The van der Waals surface area contributed by atoms with E-state index in [1.54, 1.807) is 16.2 Å². The molecule has 0 saturated heterocycles. The molecule has 0 bridgehead atoms. The zero-order valence-electron chi connectivity index (χ0n) is 14.4. The molecule has 1 aromatic heterocycles. The number of anilines is 1. The fraction of sp³-hybridized carbons (Fsp3) is 0.389. The molecule has 1 aliphatic heterocycles. The molecule has 0 spiro atoms. The fourth-order valence-electron chi connectivity index (χ4n) is 2.59. The monoisotopic (exact) mass is 382 g/mol. The van der Waals surface area contributed by atoms with E-state index in [0.29, 0.717) is 32.1 Å². The van der Waals surface area contributed by atoms with Crippen LogP contribution >= 0.6 is 23.7 Å². The molecule has 2 heterocycles. The number of amides is 1. The van der Waals surface area contributed by atoms with Crippen LogP contribution in [0.2, 0.25) is 0 Å². The second-order valence-electron chi connectivity index (χ2n) is 5.90. The van der Waals surface area contributed by atoms with Crippen LogP contribution in [0, 0.1) is 12.8 Å². The minimum Gasteiger partial charge on any atom is -0.486 e. The summed E-state index contributed by atoms with van der Waals surface area (Å²) < 4.78 is 11.2. The van der Waals surface area contributed by atoms with Crippen molar-refractivity contribution in [2.24, 2.45) is 11.7 Å². The van der Waals surface area contributed by atoms with E-state index >= 15 is 0 Å². The van der Waals surface area contributed by atoms with Gasteiger partial charge in [-0.05, 0) is 31.2 Å². The van der Waals surface area contributed by atoms with E-state index in [1.807, 2.05) is 25.1 Å². The highest BCUT2D eigenvalue weighted by molar-refractivity contribution is 7.11. The Bertz CT molecular complexity index is 735. The van der Waals surface area contributed by atoms with Gasteiger partial charge in [0.15, 0.2) is 11.5 Å². The van der Waals surface area contributed by atoms with Gasteiger partial charge in [-0.3, -0.25) is 4.79 Å². The molecule has 2 aromatic rings. The van der Waals surface area contributed by atoms with Crippen molar-refractivity contribution in [2.45, 2.75) is 20.4 Å². The summed E-state index contributed by atoms with van der Waals surface area (Å²) in [4.78, 5) is 17.0. The second-order valence-corrected chi connectivity index (χ2v) is 7.27. The highest BCUT2D eigenvalue weighted by Crippen LogP contribution is 2.35. The van der Waals surface area contributed by atoms with Gasteiger partial charge < -0.3 is 20.1 Å². The Labute approximate surface area is 158 Å². The van der Waals surface area contributed by atoms with Crippen molar-refractivity contribution in [2.75, 3.05) is 24.7 Å². The minimum absolute atomic E-state index is 0. The fourth-order valence-corrected chi connectivity index (χ4v) is 3.47. The Kier molecular flexibility index (Phi) is 6.70. The van der Waals surface area contributed by atoms with E-state index in [9.17, 15) is 4.79 Å². The maximum atomic E-state index is 12.8. The Morgan fingerprint density at radius 2 is 1.96 bits per heavy atom. The van der Waals surface area contributed by atoms with Gasteiger partial charge in [0, 0.05) is 34.0 Å². The number of thiophene rings is 1. The van der Waals surface area contributed by atoms with Crippen molar-refractivity contribution in [1.29, 1.82) is 0 Å². The van der Waals surface area contributed by atoms with Crippen LogP contribution in [0.4, 0.5) is 5.69 Å². The average molecular weight is 383 g/mol. The number of rotatable bonds is 5. The lowest BCUT2D eigenvalue weighted by Gasteiger charge is -2.27. The maximum absolute atomic E-state index is 12.8. The summed E-state index contributed by atoms with van der Waals surface area (Å²) in [6.45, 7) is 5.84. The van der Waals surface area contributed by atoms with Crippen molar-refractivity contribution in [3.05, 3.63) is 40.1 Å². The van der Waals surface area contributed by atoms with Crippen LogP contribution in [-0.2, 0) is 11.3 Å². The average Bonchev–Trinajstić information content (AvgIpc) is 3.03. The molecule has 2 N–H and O–H groups in total. The smallest absolute Gasteiger partial charge is 0.231 e. The number of ether oxygens (including phenoxy) is 2. The van der Waals surface area contributed by atoms with E-state index < -0.39 is 0 Å². The molecule has 7 heteroatoms. The predicted octanol–water partition coefficient (Wildman–Crippen LogP) is 3.38. The number of halogens is 1. The van der Waals surface area contributed by atoms with E-state index in [-0.39, 0.29) is 24.2 Å². The van der Waals surface area contributed by atoms with Gasteiger partial charge in [-0.15, -0.1) is 23.7 Å². The first-order chi connectivity index (χ1) is 11.6. The number of nitrogens with zero attached hydrogens (tertiary/aromatic N) is 1. The summed E-state index contributed by atoms with van der Waals surface area (Å²) in [6.07, 6.45) is 0. The zero-order valence-corrected chi connectivity index (χ0v) is 16.0. The second kappa shape index (κ2) is 8.56. The molecule has 0 fully saturated rings. The van der Waals surface area contributed by atoms with Gasteiger partial charge in [0.1, 0.15) is 13.2 Å². The van der Waals surface area contributed by atoms with E-state index in [0.717, 1.165) is 16.3 Å². The molecule has 3 rings (SSSR count). The van der Waals surface area contributed by atoms with Gasteiger partial charge >= 0.3 is 0 Å². The Balaban J connectivity index is 0.00000225. The van der Waals surface area contributed by atoms with Crippen molar-refractivity contribution >= 4 is 35.3 Å². The normalized spacial score (nSPS) is 13.7. The van der Waals surface area contributed by atoms with Crippen molar-refractivity contribution in [1.82, 2.24) is 0 Å². The lowest BCUT2D eigenvalue weighted by molar-refractivity contribution is -0.121. The summed E-state index contributed by atoms with van der Waals surface area (Å²) in [5.41, 5.74) is 6.51. The van der Waals surface area contributed by atoms with Crippen LogP contribution in [0.1, 0.15) is 16.7 Å². The van der Waals surface area contributed by atoms with Gasteiger partial charge in [0.25, 0.3) is 0 Å². The molecule has 1 aliphatic rings. The molecule has 1 aromatic carbocycles. The van der Waals surface area contributed by atoms with Crippen LogP contribution in [0.5, 0.6) is 11.5 Å². The first-order valence-corrected chi connectivity index (χ1v) is 8.86. The molecule has 0 aliphatic carbocycles. The van der Waals surface area contributed by atoms with Crippen molar-refractivity contribution in [3.63, 3.8) is 0 Å². The Morgan fingerprint density at radius 1 is 1.24 bits per heavy atom. The molecule has 1 amide bonds. The molecular formula is C18H23ClN2O3S. The summed E-state index contributed by atoms with van der Waals surface area (Å²) in [6, 6.07) is 9.76. The quantitative estimate of drug-likeness (QED) is 0.860. The van der Waals surface area contributed by atoms with E-state index in [1.165, 1.54) is 4.88 Å². The number of carbonyl (C=O) groups excluding carboxylic acids is 1. The molecule has 25 heavy (non-hydrogen) atoms. The van der Waals surface area contributed by atoms with Gasteiger partial charge in [-0.1, -0.05) is 6.92 Å². The van der Waals surface area contributed by atoms with Crippen LogP contribution in [0.15, 0.2) is 30.3 Å². The molecule has 5 nitrogen and oxygen atoms in total.